The maximum Gasteiger partial charge on any atom is 0.245 e. The average Bonchev–Trinajstić information content (AvgIpc) is 3.50. The number of methoxy groups -OCH3 is 1. The number of amides is 3. The van der Waals surface area contributed by atoms with Crippen LogP contribution in [0.5, 0.6) is 11.5 Å². The molecule has 3 aliphatic rings. The van der Waals surface area contributed by atoms with Crippen LogP contribution in [0, 0.1) is 11.3 Å². The number of ether oxygens (including phenoxy) is 2. The molecule has 1 saturated carbocycles. The predicted octanol–water partition coefficient (Wildman–Crippen LogP) is 7.22. The number of fused-ring (bicyclic) bond motifs is 3. The predicted molar refractivity (Wildman–Crippen MR) is 243 cm³/mol. The molecule has 2 aliphatic heterocycles. The summed E-state index contributed by atoms with van der Waals surface area (Å²) in [6.07, 6.45) is 6.90. The first kappa shape index (κ1) is 45.2. The van der Waals surface area contributed by atoms with E-state index in [1.807, 2.05) is 94.6 Å². The van der Waals surface area contributed by atoms with Gasteiger partial charge < -0.3 is 41.0 Å². The summed E-state index contributed by atoms with van der Waals surface area (Å²) in [6.45, 7) is 9.69. The number of pyridine rings is 1. The minimum absolute atomic E-state index is 0.0141. The number of hydrogen-bond donors (Lipinski definition) is 5. The van der Waals surface area contributed by atoms with Gasteiger partial charge in [0.15, 0.2) is 5.13 Å². The Morgan fingerprint density at radius 1 is 1.10 bits per heavy atom. The van der Waals surface area contributed by atoms with Crippen LogP contribution in [0.25, 0.3) is 22.3 Å². The maximum absolute atomic E-state index is 14.9. The standard InChI is InChI=1S/C46H60N7O7PS/c1-28(2)48-44-51-37(27-62-44)36-23-39(33-20-19-31(59-6)21-35(33)49-36)60-32-22-38-41(54)52-46(61(57,58)26-29-15-11-10-12-16-29)24-30(46)17-13-8-7-9-14-18-34(43(56)53(38)25-32)50-42(55)40(47)45(3,4)5/h10-13,15-17,19-21,23,27-28,30,32,34,38,40H,7-9,14,18,22,24-26,47H2,1-6H3,(H,48,51)(H,50,55)(H,52,54)(H,57,58)/b17-13-/t30-,32-,34+,38+,40-,46+/m1/s1. The summed E-state index contributed by atoms with van der Waals surface area (Å²) in [6, 6.07) is 13.7. The molecule has 4 heterocycles. The Bertz CT molecular complexity index is 2350. The number of rotatable bonds is 11. The van der Waals surface area contributed by atoms with Gasteiger partial charge >= 0.3 is 0 Å². The Balaban J connectivity index is 1.25. The van der Waals surface area contributed by atoms with Crippen molar-refractivity contribution in [2.24, 2.45) is 17.1 Å². The molecule has 7 rings (SSSR count). The largest absolute Gasteiger partial charge is 0.497 e. The SMILES string of the molecule is COc1ccc2c(O[C@@H]3C[C@H]4C(=O)N[C@]5(P(=O)(O)Cc6ccccc6)C[C@H]5/C=C\CCCCC[C@H](NC(=O)[C@@H](N)C(C)(C)C)C(=O)N4C3)cc(-c3csc(NC(C)C)n3)nc2c1. The van der Waals surface area contributed by atoms with Gasteiger partial charge in [-0.25, -0.2) is 9.97 Å². The normalized spacial score (nSPS) is 25.3. The molecular weight excluding hydrogens is 826 g/mol. The number of carbonyl (C=O) groups excluding carboxylic acids is 3. The topological polar surface area (TPSA) is 198 Å². The summed E-state index contributed by atoms with van der Waals surface area (Å²) >= 11 is 1.47. The number of benzene rings is 2. The van der Waals surface area contributed by atoms with Gasteiger partial charge in [-0.15, -0.1) is 11.3 Å². The summed E-state index contributed by atoms with van der Waals surface area (Å²) in [4.78, 5) is 66.4. The number of anilines is 1. The van der Waals surface area contributed by atoms with E-state index in [2.05, 4.69) is 16.0 Å². The van der Waals surface area contributed by atoms with Gasteiger partial charge in [-0.1, -0.05) is 76.1 Å². The second-order valence-electron chi connectivity index (χ2n) is 18.2. The lowest BCUT2D eigenvalue weighted by molar-refractivity contribution is -0.142. The first-order valence-electron chi connectivity index (χ1n) is 21.6. The third-order valence-corrected chi connectivity index (χ3v) is 15.5. The zero-order chi connectivity index (χ0) is 44.4. The molecule has 0 radical (unpaired) electrons. The van der Waals surface area contributed by atoms with Crippen LogP contribution in [-0.2, 0) is 25.1 Å². The van der Waals surface area contributed by atoms with Crippen molar-refractivity contribution in [3.8, 4) is 22.9 Å². The fourth-order valence-corrected chi connectivity index (χ4v) is 11.6. The molecule has 0 spiro atoms. The van der Waals surface area contributed by atoms with E-state index in [0.29, 0.717) is 58.6 Å². The number of hydrogen-bond acceptors (Lipinski definition) is 11. The number of carbonyl (C=O) groups is 3. The van der Waals surface area contributed by atoms with Crippen molar-refractivity contribution in [3.63, 3.8) is 0 Å². The zero-order valence-corrected chi connectivity index (χ0v) is 38.1. The van der Waals surface area contributed by atoms with Crippen LogP contribution in [0.4, 0.5) is 5.13 Å². The van der Waals surface area contributed by atoms with Gasteiger partial charge in [0.1, 0.15) is 40.7 Å². The third kappa shape index (κ3) is 10.0. The second-order valence-corrected chi connectivity index (χ2v) is 21.6. The molecule has 2 fully saturated rings. The Morgan fingerprint density at radius 2 is 1.87 bits per heavy atom. The van der Waals surface area contributed by atoms with Crippen LogP contribution >= 0.6 is 18.7 Å². The fraction of sp³-hybridized carbons (Fsp3) is 0.500. The average molecular weight is 886 g/mol. The summed E-state index contributed by atoms with van der Waals surface area (Å²) in [7, 11) is -2.48. The highest BCUT2D eigenvalue weighted by Gasteiger charge is 2.66. The minimum Gasteiger partial charge on any atom is -0.497 e. The number of aromatic nitrogens is 2. The van der Waals surface area contributed by atoms with E-state index >= 15 is 0 Å². The molecule has 4 aromatic rings. The number of nitrogens with zero attached hydrogens (tertiary/aromatic N) is 3. The molecule has 14 nitrogen and oxygen atoms in total. The number of thiazole rings is 1. The lowest BCUT2D eigenvalue weighted by Crippen LogP contribution is -2.58. The Hall–Kier alpha value is -4.82. The van der Waals surface area contributed by atoms with Gasteiger partial charge in [0.05, 0.1) is 37.1 Å². The molecule has 3 amide bonds. The van der Waals surface area contributed by atoms with Crippen molar-refractivity contribution in [1.82, 2.24) is 25.5 Å². The van der Waals surface area contributed by atoms with Crippen molar-refractivity contribution < 1.29 is 33.3 Å². The van der Waals surface area contributed by atoms with Crippen molar-refractivity contribution >= 4 is 52.5 Å². The first-order valence-corrected chi connectivity index (χ1v) is 24.3. The summed E-state index contributed by atoms with van der Waals surface area (Å²) in [5, 5.41) is 11.3. The van der Waals surface area contributed by atoms with E-state index in [1.165, 1.54) is 16.2 Å². The molecule has 16 heteroatoms. The molecule has 2 aromatic carbocycles. The van der Waals surface area contributed by atoms with Crippen molar-refractivity contribution in [3.05, 3.63) is 77.7 Å². The molecule has 1 saturated heterocycles. The Morgan fingerprint density at radius 3 is 2.60 bits per heavy atom. The molecular formula is C46H60N7O7PS. The Labute approximate surface area is 367 Å². The lowest BCUT2D eigenvalue weighted by atomic mass is 9.86. The van der Waals surface area contributed by atoms with E-state index in [4.69, 9.17) is 25.2 Å². The summed E-state index contributed by atoms with van der Waals surface area (Å²) in [5.74, 6) is -0.711. The first-order chi connectivity index (χ1) is 29.5. The van der Waals surface area contributed by atoms with Gasteiger partial charge in [-0.05, 0) is 62.6 Å². The molecule has 0 bridgehead atoms. The van der Waals surface area contributed by atoms with Gasteiger partial charge in [0.2, 0.25) is 25.1 Å². The van der Waals surface area contributed by atoms with E-state index in [1.54, 1.807) is 19.2 Å². The number of nitrogens with two attached hydrogens (primary N) is 1. The molecule has 332 valence electrons. The summed E-state index contributed by atoms with van der Waals surface area (Å²) in [5.41, 5.74) is 8.34. The molecule has 6 N–H and O–H groups in total. The van der Waals surface area contributed by atoms with Gasteiger partial charge in [-0.3, -0.25) is 18.9 Å². The highest BCUT2D eigenvalue weighted by molar-refractivity contribution is 7.59. The van der Waals surface area contributed by atoms with Crippen LogP contribution in [0.3, 0.4) is 0 Å². The van der Waals surface area contributed by atoms with Crippen molar-refractivity contribution in [1.29, 1.82) is 0 Å². The quantitative estimate of drug-likeness (QED) is 0.0753. The van der Waals surface area contributed by atoms with E-state index in [0.717, 1.165) is 24.4 Å². The van der Waals surface area contributed by atoms with E-state index in [9.17, 15) is 23.8 Å². The van der Waals surface area contributed by atoms with Gasteiger partial charge in [0, 0.05) is 41.3 Å². The summed E-state index contributed by atoms with van der Waals surface area (Å²) < 4.78 is 26.9. The molecule has 1 unspecified atom stereocenters. The van der Waals surface area contributed by atoms with Crippen molar-refractivity contribution in [2.75, 3.05) is 19.0 Å². The smallest absolute Gasteiger partial charge is 0.245 e. The van der Waals surface area contributed by atoms with E-state index in [-0.39, 0.29) is 31.1 Å². The molecule has 62 heavy (non-hydrogen) atoms. The highest BCUT2D eigenvalue weighted by atomic mass is 32.1. The van der Waals surface area contributed by atoms with Crippen LogP contribution in [0.1, 0.15) is 85.1 Å². The fourth-order valence-electron chi connectivity index (χ4n) is 8.36. The number of allylic oxidation sites excluding steroid dienone is 1. The Kier molecular flexibility index (Phi) is 13.5. The third-order valence-electron chi connectivity index (χ3n) is 12.0. The van der Waals surface area contributed by atoms with Gasteiger partial charge in [0.25, 0.3) is 0 Å². The zero-order valence-electron chi connectivity index (χ0n) is 36.4. The van der Waals surface area contributed by atoms with Crippen LogP contribution < -0.4 is 31.2 Å². The highest BCUT2D eigenvalue weighted by Crippen LogP contribution is 2.71. The minimum atomic E-state index is -4.07. The maximum atomic E-state index is 14.9. The lowest BCUT2D eigenvalue weighted by Gasteiger charge is -2.32. The monoisotopic (exact) mass is 885 g/mol. The molecule has 1 aliphatic carbocycles. The molecule has 7 atom stereocenters. The van der Waals surface area contributed by atoms with Gasteiger partial charge in [-0.2, -0.15) is 0 Å². The van der Waals surface area contributed by atoms with Crippen molar-refractivity contribution in [2.45, 2.75) is 121 Å². The van der Waals surface area contributed by atoms with Crippen LogP contribution in [-0.4, -0.2) is 86.7 Å². The molecule has 2 aromatic heterocycles. The second kappa shape index (κ2) is 18.5. The van der Waals surface area contributed by atoms with E-state index < -0.39 is 60.0 Å². The number of nitrogens with one attached hydrogen (secondary N) is 3. The van der Waals surface area contributed by atoms with Crippen LogP contribution in [0.2, 0.25) is 0 Å². The van der Waals surface area contributed by atoms with Crippen LogP contribution in [0.15, 0.2) is 72.1 Å².